The number of alkyl halides is 1. The molecule has 0 spiro atoms. The van der Waals surface area contributed by atoms with Crippen LogP contribution in [0.5, 0.6) is 5.75 Å². The molecular formula is C21H27BrO. The Hall–Kier alpha value is -1.02. The first-order valence-corrected chi connectivity index (χ1v) is 9.83. The van der Waals surface area contributed by atoms with Crippen LogP contribution in [0.4, 0.5) is 0 Å². The van der Waals surface area contributed by atoms with Gasteiger partial charge in [-0.05, 0) is 65.5 Å². The molecule has 0 heterocycles. The van der Waals surface area contributed by atoms with Crippen molar-refractivity contribution in [1.82, 2.24) is 0 Å². The number of ether oxygens (including phenoxy) is 1. The van der Waals surface area contributed by atoms with Crippen molar-refractivity contribution in [1.29, 1.82) is 0 Å². The number of rotatable bonds is 3. The largest absolute Gasteiger partial charge is 0.490 e. The summed E-state index contributed by atoms with van der Waals surface area (Å²) in [6, 6.07) is 13.1. The summed E-state index contributed by atoms with van der Waals surface area (Å²) >= 11 is 3.52. The van der Waals surface area contributed by atoms with Crippen LogP contribution in [0.1, 0.15) is 52.0 Å². The van der Waals surface area contributed by atoms with Crippen LogP contribution in [0.25, 0.3) is 10.8 Å². The molecule has 23 heavy (non-hydrogen) atoms. The lowest BCUT2D eigenvalue weighted by Crippen LogP contribution is -2.30. The number of fused-ring (bicyclic) bond motifs is 1. The molecule has 2 aromatic carbocycles. The van der Waals surface area contributed by atoms with E-state index in [0.29, 0.717) is 11.5 Å². The third-order valence-corrected chi connectivity index (χ3v) is 5.88. The molecule has 0 radical (unpaired) electrons. The van der Waals surface area contributed by atoms with Crippen LogP contribution in [-0.2, 0) is 5.33 Å². The van der Waals surface area contributed by atoms with Gasteiger partial charge in [-0.1, -0.05) is 61.0 Å². The number of halogens is 1. The van der Waals surface area contributed by atoms with Gasteiger partial charge in [0.25, 0.3) is 0 Å². The summed E-state index contributed by atoms with van der Waals surface area (Å²) < 4.78 is 6.27. The van der Waals surface area contributed by atoms with E-state index in [1.165, 1.54) is 42.0 Å². The van der Waals surface area contributed by atoms with Gasteiger partial charge in [-0.2, -0.15) is 0 Å². The maximum absolute atomic E-state index is 6.27. The molecule has 0 saturated heterocycles. The van der Waals surface area contributed by atoms with Gasteiger partial charge < -0.3 is 4.74 Å². The Labute approximate surface area is 148 Å². The van der Waals surface area contributed by atoms with Crippen molar-refractivity contribution in [2.75, 3.05) is 0 Å². The molecule has 0 N–H and O–H groups in total. The zero-order valence-corrected chi connectivity index (χ0v) is 16.0. The molecule has 1 aliphatic rings. The lowest BCUT2D eigenvalue weighted by molar-refractivity contribution is 0.0883. The van der Waals surface area contributed by atoms with Crippen LogP contribution >= 0.6 is 15.9 Å². The zero-order valence-electron chi connectivity index (χ0n) is 14.4. The molecule has 0 aliphatic heterocycles. The molecule has 0 aromatic heterocycles. The summed E-state index contributed by atoms with van der Waals surface area (Å²) in [5, 5.41) is 3.44. The number of hydrogen-bond donors (Lipinski definition) is 0. The van der Waals surface area contributed by atoms with E-state index in [9.17, 15) is 0 Å². The van der Waals surface area contributed by atoms with Crippen LogP contribution in [-0.4, -0.2) is 6.10 Å². The molecule has 2 heteroatoms. The fraction of sp³-hybridized carbons (Fsp3) is 0.524. The minimum atomic E-state index is 0.382. The van der Waals surface area contributed by atoms with Crippen LogP contribution in [0.15, 0.2) is 36.4 Å². The van der Waals surface area contributed by atoms with E-state index in [1.807, 2.05) is 0 Å². The maximum atomic E-state index is 6.27. The third kappa shape index (κ3) is 4.09. The standard InChI is InChI=1S/C21H27BrO/c1-21(2,3)18-7-10-19(11-8-18)23-20-9-6-16-12-15(14-22)4-5-17(16)13-20/h4-6,9,12-13,18-19H,7-8,10-11,14H2,1-3H3/t18-,19-. The van der Waals surface area contributed by atoms with Crippen LogP contribution in [0, 0.1) is 11.3 Å². The van der Waals surface area contributed by atoms with Crippen molar-refractivity contribution < 1.29 is 4.74 Å². The third-order valence-electron chi connectivity index (χ3n) is 5.23. The second kappa shape index (κ2) is 6.84. The van der Waals surface area contributed by atoms with Gasteiger partial charge in [0.05, 0.1) is 6.10 Å². The molecule has 3 rings (SSSR count). The molecule has 1 saturated carbocycles. The van der Waals surface area contributed by atoms with E-state index in [-0.39, 0.29) is 0 Å². The smallest absolute Gasteiger partial charge is 0.120 e. The first-order chi connectivity index (χ1) is 11.0. The maximum Gasteiger partial charge on any atom is 0.120 e. The van der Waals surface area contributed by atoms with E-state index >= 15 is 0 Å². The van der Waals surface area contributed by atoms with Crippen molar-refractivity contribution in [2.24, 2.45) is 11.3 Å². The molecule has 124 valence electrons. The molecule has 0 bridgehead atoms. The first kappa shape index (κ1) is 16.8. The van der Waals surface area contributed by atoms with Crippen molar-refractivity contribution in [3.8, 4) is 5.75 Å². The van der Waals surface area contributed by atoms with Gasteiger partial charge in [0, 0.05) is 5.33 Å². The Bertz CT molecular complexity index is 663. The van der Waals surface area contributed by atoms with E-state index in [2.05, 4.69) is 73.1 Å². The first-order valence-electron chi connectivity index (χ1n) is 8.71. The average molecular weight is 375 g/mol. The van der Waals surface area contributed by atoms with E-state index in [4.69, 9.17) is 4.74 Å². The Morgan fingerprint density at radius 3 is 2.26 bits per heavy atom. The van der Waals surface area contributed by atoms with Gasteiger partial charge in [-0.25, -0.2) is 0 Å². The van der Waals surface area contributed by atoms with Gasteiger partial charge in [0.15, 0.2) is 0 Å². The highest BCUT2D eigenvalue weighted by Crippen LogP contribution is 2.39. The second-order valence-corrected chi connectivity index (χ2v) is 8.50. The molecule has 0 amide bonds. The van der Waals surface area contributed by atoms with E-state index in [0.717, 1.165) is 17.0 Å². The Kier molecular flexibility index (Phi) is 5.01. The minimum Gasteiger partial charge on any atom is -0.490 e. The van der Waals surface area contributed by atoms with Crippen LogP contribution < -0.4 is 4.74 Å². The van der Waals surface area contributed by atoms with E-state index in [1.54, 1.807) is 0 Å². The minimum absolute atomic E-state index is 0.382. The van der Waals surface area contributed by atoms with Gasteiger partial charge in [0.1, 0.15) is 5.75 Å². The summed E-state index contributed by atoms with van der Waals surface area (Å²) in [6.07, 6.45) is 5.32. The molecular weight excluding hydrogens is 348 g/mol. The van der Waals surface area contributed by atoms with Gasteiger partial charge in [0.2, 0.25) is 0 Å². The molecule has 2 aromatic rings. The fourth-order valence-electron chi connectivity index (χ4n) is 3.67. The SMILES string of the molecule is CC(C)(C)[C@H]1CC[C@H](Oc2ccc3cc(CBr)ccc3c2)CC1. The lowest BCUT2D eigenvalue weighted by Gasteiger charge is -2.37. The molecule has 1 aliphatic carbocycles. The fourth-order valence-corrected chi connectivity index (χ4v) is 4.02. The monoisotopic (exact) mass is 374 g/mol. The van der Waals surface area contributed by atoms with Crippen LogP contribution in [0.3, 0.4) is 0 Å². The van der Waals surface area contributed by atoms with Crippen molar-refractivity contribution in [3.63, 3.8) is 0 Å². The number of benzene rings is 2. The van der Waals surface area contributed by atoms with Crippen molar-refractivity contribution in [2.45, 2.75) is 57.9 Å². The molecule has 0 unspecified atom stereocenters. The Morgan fingerprint density at radius 1 is 0.957 bits per heavy atom. The molecule has 1 fully saturated rings. The predicted octanol–water partition coefficient (Wildman–Crippen LogP) is 6.72. The topological polar surface area (TPSA) is 9.23 Å². The Balaban J connectivity index is 1.66. The quantitative estimate of drug-likeness (QED) is 0.541. The summed E-state index contributed by atoms with van der Waals surface area (Å²) in [6.45, 7) is 7.09. The zero-order chi connectivity index (χ0) is 16.4. The van der Waals surface area contributed by atoms with Gasteiger partial charge >= 0.3 is 0 Å². The summed E-state index contributed by atoms with van der Waals surface area (Å²) in [7, 11) is 0. The summed E-state index contributed by atoms with van der Waals surface area (Å²) in [5.74, 6) is 1.85. The van der Waals surface area contributed by atoms with Gasteiger partial charge in [-0.15, -0.1) is 0 Å². The van der Waals surface area contributed by atoms with Crippen LogP contribution in [0.2, 0.25) is 0 Å². The van der Waals surface area contributed by atoms with Crippen molar-refractivity contribution in [3.05, 3.63) is 42.0 Å². The number of hydrogen-bond acceptors (Lipinski definition) is 1. The normalized spacial score (nSPS) is 22.3. The highest BCUT2D eigenvalue weighted by Gasteiger charge is 2.30. The second-order valence-electron chi connectivity index (χ2n) is 7.93. The summed E-state index contributed by atoms with van der Waals surface area (Å²) in [4.78, 5) is 0. The molecule has 0 atom stereocenters. The van der Waals surface area contributed by atoms with E-state index < -0.39 is 0 Å². The average Bonchev–Trinajstić information content (AvgIpc) is 2.54. The predicted molar refractivity (Wildman–Crippen MR) is 102 cm³/mol. The Morgan fingerprint density at radius 2 is 1.61 bits per heavy atom. The lowest BCUT2D eigenvalue weighted by atomic mass is 9.72. The van der Waals surface area contributed by atoms with Gasteiger partial charge in [-0.3, -0.25) is 0 Å². The summed E-state index contributed by atoms with van der Waals surface area (Å²) in [5.41, 5.74) is 1.74. The van der Waals surface area contributed by atoms with Crippen molar-refractivity contribution >= 4 is 26.7 Å². The molecule has 1 nitrogen and oxygen atoms in total. The highest BCUT2D eigenvalue weighted by molar-refractivity contribution is 9.08. The highest BCUT2D eigenvalue weighted by atomic mass is 79.9.